The van der Waals surface area contributed by atoms with E-state index in [0.29, 0.717) is 16.2 Å². The number of halogens is 1. The molecule has 1 aliphatic heterocycles. The van der Waals surface area contributed by atoms with E-state index in [1.54, 1.807) is 18.2 Å². The Kier molecular flexibility index (Phi) is 4.39. The average Bonchev–Trinajstić information content (AvgIpc) is 2.89. The maximum Gasteiger partial charge on any atom is 0.269 e. The maximum atomic E-state index is 12.9. The van der Waals surface area contributed by atoms with Crippen LogP contribution in [0.1, 0.15) is 5.56 Å². The van der Waals surface area contributed by atoms with E-state index in [-0.39, 0.29) is 16.7 Å². The Labute approximate surface area is 140 Å². The quantitative estimate of drug-likeness (QED) is 0.632. The lowest BCUT2D eigenvalue weighted by molar-refractivity contribution is -0.384. The van der Waals surface area contributed by atoms with E-state index in [0.717, 1.165) is 11.8 Å². The summed E-state index contributed by atoms with van der Waals surface area (Å²) < 4.78 is 12.9. The van der Waals surface area contributed by atoms with Crippen LogP contribution in [0.4, 0.5) is 15.8 Å². The average molecular weight is 342 g/mol. The molecule has 120 valence electrons. The number of thioether (sulfide) groups is 1. The van der Waals surface area contributed by atoms with Crippen LogP contribution in [0.15, 0.2) is 63.4 Å². The highest BCUT2D eigenvalue weighted by atomic mass is 32.2. The van der Waals surface area contributed by atoms with E-state index in [2.05, 4.69) is 9.98 Å². The molecule has 0 fully saturated rings. The summed E-state index contributed by atoms with van der Waals surface area (Å²) in [6.07, 6.45) is 1.59. The molecule has 0 atom stereocenters. The highest BCUT2D eigenvalue weighted by Gasteiger charge is 2.14. The molecule has 0 saturated heterocycles. The lowest BCUT2D eigenvalue weighted by atomic mass is 10.2. The minimum absolute atomic E-state index is 0.0224. The Morgan fingerprint density at radius 3 is 2.42 bits per heavy atom. The smallest absolute Gasteiger partial charge is 0.269 e. The van der Waals surface area contributed by atoms with Crippen molar-refractivity contribution in [3.05, 3.63) is 74.9 Å². The zero-order valence-corrected chi connectivity index (χ0v) is 12.9. The number of nitrogens with zero attached hydrogens (tertiary/aromatic N) is 3. The van der Waals surface area contributed by atoms with Crippen LogP contribution in [0.3, 0.4) is 0 Å². The number of non-ortho nitro benzene ring substituents is 1. The van der Waals surface area contributed by atoms with Crippen molar-refractivity contribution in [2.24, 2.45) is 9.98 Å². The summed E-state index contributed by atoms with van der Waals surface area (Å²) in [5.74, 6) is -0.802. The number of nitro benzene ring substituents is 1. The molecule has 0 aliphatic carbocycles. The van der Waals surface area contributed by atoms with Gasteiger partial charge in [-0.25, -0.2) is 14.4 Å². The number of hydrogen-bond donors (Lipinski definition) is 0. The summed E-state index contributed by atoms with van der Waals surface area (Å²) in [4.78, 5) is 18.5. The molecule has 0 spiro atoms. The Hall–Kier alpha value is -3.00. The largest absolute Gasteiger partial charge is 0.858 e. The molecule has 2 aromatic carbocycles. The molecule has 8 heteroatoms. The third-order valence-corrected chi connectivity index (χ3v) is 3.94. The molecule has 0 aromatic heterocycles. The van der Waals surface area contributed by atoms with E-state index in [9.17, 15) is 19.6 Å². The van der Waals surface area contributed by atoms with Crippen molar-refractivity contribution in [1.82, 2.24) is 0 Å². The van der Waals surface area contributed by atoms with Crippen molar-refractivity contribution in [3.8, 4) is 0 Å². The maximum absolute atomic E-state index is 12.9. The first-order chi connectivity index (χ1) is 11.5. The van der Waals surface area contributed by atoms with Gasteiger partial charge in [-0.1, -0.05) is 0 Å². The van der Waals surface area contributed by atoms with E-state index in [1.165, 1.54) is 36.4 Å². The van der Waals surface area contributed by atoms with Crippen molar-refractivity contribution in [3.63, 3.8) is 0 Å². The summed E-state index contributed by atoms with van der Waals surface area (Å²) in [5, 5.41) is 22.8. The van der Waals surface area contributed by atoms with Gasteiger partial charge in [0.2, 0.25) is 0 Å². The Morgan fingerprint density at radius 1 is 1.12 bits per heavy atom. The fourth-order valence-corrected chi connectivity index (χ4v) is 2.72. The van der Waals surface area contributed by atoms with E-state index in [1.807, 2.05) is 0 Å². The molecule has 24 heavy (non-hydrogen) atoms. The normalized spacial score (nSPS) is 17.3. The third kappa shape index (κ3) is 3.66. The number of hydrogen-bond acceptors (Lipinski definition) is 5. The fourth-order valence-electron chi connectivity index (χ4n) is 1.92. The van der Waals surface area contributed by atoms with E-state index < -0.39 is 10.8 Å². The summed E-state index contributed by atoms with van der Waals surface area (Å²) >= 11 is 1.09. The molecule has 0 amide bonds. The van der Waals surface area contributed by atoms with Gasteiger partial charge in [0.05, 0.1) is 10.6 Å². The number of rotatable bonds is 3. The molecule has 1 aliphatic rings. The van der Waals surface area contributed by atoms with Gasteiger partial charge in [0.1, 0.15) is 5.82 Å². The van der Waals surface area contributed by atoms with Gasteiger partial charge in [0, 0.05) is 22.9 Å². The third-order valence-electron chi connectivity index (χ3n) is 3.06. The van der Waals surface area contributed by atoms with Crippen molar-refractivity contribution in [1.29, 1.82) is 0 Å². The number of amidine groups is 1. The van der Waals surface area contributed by atoms with Gasteiger partial charge >= 0.3 is 0 Å². The molecular formula is C16H9FN3O3S-. The zero-order valence-electron chi connectivity index (χ0n) is 12.0. The SMILES string of the molecule is O=[N+]([O-])c1ccc(/C=C2/SC(=Nc3ccc(F)cc3)N=C2[O-])cc1. The standard InChI is InChI=1S/C16H10FN3O3S/c17-11-3-5-12(6-4-11)18-16-19-15(21)14(24-16)9-10-1-7-13(8-2-10)20(22)23/h1-9H,(H,18,19,21)/p-1/b14-9+. The summed E-state index contributed by atoms with van der Waals surface area (Å²) in [5.41, 5.74) is 1.12. The second kappa shape index (κ2) is 6.63. The van der Waals surface area contributed by atoms with Crippen LogP contribution in [0.5, 0.6) is 0 Å². The molecule has 2 aromatic rings. The molecule has 0 N–H and O–H groups in total. The van der Waals surface area contributed by atoms with Crippen LogP contribution in [-0.4, -0.2) is 16.0 Å². The minimum atomic E-state index is -0.491. The van der Waals surface area contributed by atoms with Gasteiger partial charge in [-0.05, 0) is 59.8 Å². The molecule has 0 saturated carbocycles. The topological polar surface area (TPSA) is 90.9 Å². The van der Waals surface area contributed by atoms with Gasteiger partial charge in [-0.2, -0.15) is 0 Å². The predicted molar refractivity (Wildman–Crippen MR) is 89.6 cm³/mol. The molecule has 3 rings (SSSR count). The lowest BCUT2D eigenvalue weighted by Crippen LogP contribution is -2.15. The van der Waals surface area contributed by atoms with Crippen LogP contribution < -0.4 is 5.11 Å². The first kappa shape index (κ1) is 15.9. The predicted octanol–water partition coefficient (Wildman–Crippen LogP) is 3.27. The highest BCUT2D eigenvalue weighted by Crippen LogP contribution is 2.30. The monoisotopic (exact) mass is 342 g/mol. The van der Waals surface area contributed by atoms with Crippen molar-refractivity contribution in [2.45, 2.75) is 0 Å². The van der Waals surface area contributed by atoms with Crippen LogP contribution in [0.2, 0.25) is 0 Å². The van der Waals surface area contributed by atoms with Crippen LogP contribution in [-0.2, 0) is 0 Å². The van der Waals surface area contributed by atoms with Crippen LogP contribution in [0, 0.1) is 15.9 Å². The molecule has 6 nitrogen and oxygen atoms in total. The summed E-state index contributed by atoms with van der Waals surface area (Å²) in [6.45, 7) is 0. The molecule has 0 unspecified atom stereocenters. The van der Waals surface area contributed by atoms with Crippen molar-refractivity contribution < 1.29 is 14.4 Å². The Bertz CT molecular complexity index is 874. The van der Waals surface area contributed by atoms with Crippen molar-refractivity contribution >= 4 is 40.3 Å². The van der Waals surface area contributed by atoms with Crippen LogP contribution >= 0.6 is 11.8 Å². The first-order valence-electron chi connectivity index (χ1n) is 6.75. The second-order valence-electron chi connectivity index (χ2n) is 4.75. The van der Waals surface area contributed by atoms with E-state index >= 15 is 0 Å². The minimum Gasteiger partial charge on any atom is -0.858 e. The highest BCUT2D eigenvalue weighted by molar-refractivity contribution is 8.18. The molecule has 0 bridgehead atoms. The van der Waals surface area contributed by atoms with Gasteiger partial charge in [0.25, 0.3) is 5.69 Å². The van der Waals surface area contributed by atoms with E-state index in [4.69, 9.17) is 0 Å². The fraction of sp³-hybridized carbons (Fsp3) is 0. The van der Waals surface area contributed by atoms with Gasteiger partial charge in [-0.3, -0.25) is 10.1 Å². The Balaban J connectivity index is 1.80. The van der Waals surface area contributed by atoms with Crippen molar-refractivity contribution in [2.75, 3.05) is 0 Å². The number of nitro groups is 1. The summed E-state index contributed by atoms with van der Waals surface area (Å²) in [6, 6.07) is 11.3. The zero-order chi connectivity index (χ0) is 17.1. The Morgan fingerprint density at radius 2 is 1.79 bits per heavy atom. The second-order valence-corrected chi connectivity index (χ2v) is 5.76. The number of benzene rings is 2. The first-order valence-corrected chi connectivity index (χ1v) is 7.57. The molecule has 0 radical (unpaired) electrons. The lowest BCUT2D eigenvalue weighted by Gasteiger charge is -2.04. The molecular weight excluding hydrogens is 333 g/mol. The van der Waals surface area contributed by atoms with Crippen LogP contribution in [0.25, 0.3) is 6.08 Å². The van der Waals surface area contributed by atoms with Gasteiger partial charge in [-0.15, -0.1) is 0 Å². The van der Waals surface area contributed by atoms with Gasteiger partial charge < -0.3 is 5.11 Å². The van der Waals surface area contributed by atoms with Gasteiger partial charge in [0.15, 0.2) is 5.17 Å². The number of aliphatic imine (C=N–C) groups is 2. The summed E-state index contributed by atoms with van der Waals surface area (Å²) in [7, 11) is 0. The molecule has 1 heterocycles.